The fourth-order valence-electron chi connectivity index (χ4n) is 2.63. The molecule has 26 heavy (non-hydrogen) atoms. The lowest BCUT2D eigenvalue weighted by Crippen LogP contribution is -2.39. The van der Waals surface area contributed by atoms with Crippen molar-refractivity contribution in [1.82, 2.24) is 9.88 Å². The van der Waals surface area contributed by atoms with Crippen LogP contribution in [0.15, 0.2) is 36.5 Å². The van der Waals surface area contributed by atoms with Crippen LogP contribution in [-0.4, -0.2) is 55.2 Å². The molecular formula is C18H20Cl2N4O2. The number of carbonyl (C=O) groups excluding carboxylic acids is 1. The first-order chi connectivity index (χ1) is 12.6. The summed E-state index contributed by atoms with van der Waals surface area (Å²) in [5, 5.41) is 6.97. The van der Waals surface area contributed by atoms with Gasteiger partial charge in [0, 0.05) is 43.1 Å². The third kappa shape index (κ3) is 5.32. The minimum Gasteiger partial charge on any atom is -0.384 e. The van der Waals surface area contributed by atoms with Crippen molar-refractivity contribution in [2.75, 3.05) is 50.0 Å². The Morgan fingerprint density at radius 2 is 2.00 bits per heavy atom. The van der Waals surface area contributed by atoms with E-state index in [0.29, 0.717) is 21.4 Å². The number of benzene rings is 1. The van der Waals surface area contributed by atoms with Crippen molar-refractivity contribution < 1.29 is 9.53 Å². The van der Waals surface area contributed by atoms with E-state index in [1.54, 1.807) is 30.5 Å². The standard InChI is InChI=1S/C18H20Cl2N4O2/c19-13-1-2-15(20)16(11-13)23-18(25)17-12-14(3-4-22-17)21-5-6-24-7-9-26-10-8-24/h1-4,11-12H,5-10H2,(H,21,22)(H,23,25). The quantitative estimate of drug-likeness (QED) is 0.785. The van der Waals surface area contributed by atoms with Gasteiger partial charge in [-0.1, -0.05) is 23.2 Å². The van der Waals surface area contributed by atoms with Crippen molar-refractivity contribution in [3.05, 3.63) is 52.3 Å². The zero-order chi connectivity index (χ0) is 18.4. The number of aromatic nitrogens is 1. The third-order valence-electron chi connectivity index (χ3n) is 4.03. The predicted octanol–water partition coefficient (Wildman–Crippen LogP) is 3.38. The number of morpholine rings is 1. The van der Waals surface area contributed by atoms with E-state index in [1.807, 2.05) is 6.07 Å². The smallest absolute Gasteiger partial charge is 0.274 e. The van der Waals surface area contributed by atoms with E-state index in [2.05, 4.69) is 20.5 Å². The molecule has 1 amide bonds. The van der Waals surface area contributed by atoms with E-state index >= 15 is 0 Å². The van der Waals surface area contributed by atoms with Crippen molar-refractivity contribution in [3.8, 4) is 0 Å². The van der Waals surface area contributed by atoms with Crippen LogP contribution in [-0.2, 0) is 4.74 Å². The molecule has 0 unspecified atom stereocenters. The maximum absolute atomic E-state index is 12.4. The highest BCUT2D eigenvalue weighted by Crippen LogP contribution is 2.25. The van der Waals surface area contributed by atoms with Gasteiger partial charge in [0.25, 0.3) is 5.91 Å². The minimum atomic E-state index is -0.342. The molecule has 1 saturated heterocycles. The minimum absolute atomic E-state index is 0.303. The SMILES string of the molecule is O=C(Nc1cc(Cl)ccc1Cl)c1cc(NCCN2CCOCC2)ccn1. The summed E-state index contributed by atoms with van der Waals surface area (Å²) < 4.78 is 5.34. The van der Waals surface area contributed by atoms with Gasteiger partial charge in [-0.05, 0) is 30.3 Å². The van der Waals surface area contributed by atoms with Gasteiger partial charge in [-0.3, -0.25) is 14.7 Å². The van der Waals surface area contributed by atoms with Crippen LogP contribution in [0, 0.1) is 0 Å². The number of hydrogen-bond donors (Lipinski definition) is 2. The average molecular weight is 395 g/mol. The van der Waals surface area contributed by atoms with Crippen LogP contribution in [0.1, 0.15) is 10.5 Å². The van der Waals surface area contributed by atoms with Gasteiger partial charge in [0.2, 0.25) is 0 Å². The molecule has 2 aromatic rings. The van der Waals surface area contributed by atoms with Crippen molar-refractivity contribution >= 4 is 40.5 Å². The molecule has 3 rings (SSSR count). The second-order valence-electron chi connectivity index (χ2n) is 5.89. The van der Waals surface area contributed by atoms with Crippen molar-refractivity contribution in [2.45, 2.75) is 0 Å². The third-order valence-corrected chi connectivity index (χ3v) is 4.59. The summed E-state index contributed by atoms with van der Waals surface area (Å²) in [5.41, 5.74) is 1.60. The zero-order valence-electron chi connectivity index (χ0n) is 14.2. The summed E-state index contributed by atoms with van der Waals surface area (Å²) in [6, 6.07) is 8.45. The van der Waals surface area contributed by atoms with Crippen LogP contribution >= 0.6 is 23.2 Å². The number of carbonyl (C=O) groups is 1. The number of pyridine rings is 1. The summed E-state index contributed by atoms with van der Waals surface area (Å²) in [7, 11) is 0. The van der Waals surface area contributed by atoms with Crippen LogP contribution in [0.3, 0.4) is 0 Å². The van der Waals surface area contributed by atoms with Crippen LogP contribution in [0.25, 0.3) is 0 Å². The molecule has 0 aliphatic carbocycles. The highest BCUT2D eigenvalue weighted by atomic mass is 35.5. The Morgan fingerprint density at radius 3 is 2.81 bits per heavy atom. The van der Waals surface area contributed by atoms with E-state index in [4.69, 9.17) is 27.9 Å². The van der Waals surface area contributed by atoms with Crippen LogP contribution in [0.2, 0.25) is 10.0 Å². The molecule has 0 radical (unpaired) electrons. The number of nitrogens with one attached hydrogen (secondary N) is 2. The normalized spacial score (nSPS) is 14.8. The first-order valence-electron chi connectivity index (χ1n) is 8.38. The molecule has 138 valence electrons. The summed E-state index contributed by atoms with van der Waals surface area (Å²) >= 11 is 12.0. The number of amides is 1. The molecule has 2 N–H and O–H groups in total. The zero-order valence-corrected chi connectivity index (χ0v) is 15.7. The maximum atomic E-state index is 12.4. The van der Waals surface area contributed by atoms with Gasteiger partial charge >= 0.3 is 0 Å². The number of rotatable bonds is 6. The molecule has 2 heterocycles. The Kier molecular flexibility index (Phi) is 6.68. The average Bonchev–Trinajstić information content (AvgIpc) is 2.66. The maximum Gasteiger partial charge on any atom is 0.274 e. The van der Waals surface area contributed by atoms with E-state index in [0.717, 1.165) is 45.1 Å². The van der Waals surface area contributed by atoms with Gasteiger partial charge in [-0.25, -0.2) is 0 Å². The van der Waals surface area contributed by atoms with E-state index in [9.17, 15) is 4.79 Å². The number of hydrogen-bond acceptors (Lipinski definition) is 5. The molecule has 6 nitrogen and oxygen atoms in total. The molecule has 0 spiro atoms. The fourth-order valence-corrected chi connectivity index (χ4v) is 2.96. The Balaban J connectivity index is 1.57. The monoisotopic (exact) mass is 394 g/mol. The Morgan fingerprint density at radius 1 is 1.19 bits per heavy atom. The summed E-state index contributed by atoms with van der Waals surface area (Å²) in [4.78, 5) is 18.9. The largest absolute Gasteiger partial charge is 0.384 e. The number of halogens is 2. The van der Waals surface area contributed by atoms with E-state index in [1.165, 1.54) is 0 Å². The summed E-state index contributed by atoms with van der Waals surface area (Å²) in [6.45, 7) is 5.17. The van der Waals surface area contributed by atoms with Gasteiger partial charge in [0.05, 0.1) is 23.9 Å². The van der Waals surface area contributed by atoms with Gasteiger partial charge in [-0.15, -0.1) is 0 Å². The molecule has 1 aromatic heterocycles. The van der Waals surface area contributed by atoms with Crippen LogP contribution < -0.4 is 10.6 Å². The lowest BCUT2D eigenvalue weighted by Gasteiger charge is -2.26. The fraction of sp³-hybridized carbons (Fsp3) is 0.333. The van der Waals surface area contributed by atoms with Gasteiger partial charge in [0.1, 0.15) is 5.69 Å². The second-order valence-corrected chi connectivity index (χ2v) is 6.73. The molecule has 1 aromatic carbocycles. The van der Waals surface area contributed by atoms with Gasteiger partial charge < -0.3 is 15.4 Å². The highest BCUT2D eigenvalue weighted by Gasteiger charge is 2.12. The first-order valence-corrected chi connectivity index (χ1v) is 9.14. The first kappa shape index (κ1) is 18.9. The number of anilines is 2. The van der Waals surface area contributed by atoms with E-state index < -0.39 is 0 Å². The Bertz CT molecular complexity index is 767. The molecule has 0 bridgehead atoms. The number of nitrogens with zero attached hydrogens (tertiary/aromatic N) is 2. The Hall–Kier alpha value is -1.86. The second kappa shape index (κ2) is 9.19. The van der Waals surface area contributed by atoms with Crippen LogP contribution in [0.5, 0.6) is 0 Å². The lowest BCUT2D eigenvalue weighted by molar-refractivity contribution is 0.0398. The predicted molar refractivity (Wildman–Crippen MR) is 104 cm³/mol. The summed E-state index contributed by atoms with van der Waals surface area (Å²) in [6.07, 6.45) is 1.60. The van der Waals surface area contributed by atoms with E-state index in [-0.39, 0.29) is 5.91 Å². The lowest BCUT2D eigenvalue weighted by atomic mass is 10.2. The van der Waals surface area contributed by atoms with Crippen molar-refractivity contribution in [1.29, 1.82) is 0 Å². The topological polar surface area (TPSA) is 66.5 Å². The molecule has 1 aliphatic heterocycles. The highest BCUT2D eigenvalue weighted by molar-refractivity contribution is 6.35. The Labute approximate surface area is 162 Å². The van der Waals surface area contributed by atoms with Crippen molar-refractivity contribution in [2.24, 2.45) is 0 Å². The van der Waals surface area contributed by atoms with Crippen LogP contribution in [0.4, 0.5) is 11.4 Å². The molecular weight excluding hydrogens is 375 g/mol. The molecule has 1 aliphatic rings. The number of ether oxygens (including phenoxy) is 1. The van der Waals surface area contributed by atoms with Gasteiger partial charge in [0.15, 0.2) is 0 Å². The van der Waals surface area contributed by atoms with Gasteiger partial charge in [-0.2, -0.15) is 0 Å². The molecule has 0 saturated carbocycles. The van der Waals surface area contributed by atoms with Crippen molar-refractivity contribution in [3.63, 3.8) is 0 Å². The molecule has 8 heteroatoms. The molecule has 1 fully saturated rings. The summed E-state index contributed by atoms with van der Waals surface area (Å²) in [5.74, 6) is -0.342. The molecule has 0 atom stereocenters.